The minimum atomic E-state index is -0.396. The van der Waals surface area contributed by atoms with Gasteiger partial charge in [-0.25, -0.2) is 4.39 Å². The number of rotatable bonds is 3. The first-order chi connectivity index (χ1) is 9.69. The van der Waals surface area contributed by atoms with Crippen LogP contribution in [0, 0.1) is 17.7 Å². The van der Waals surface area contributed by atoms with Crippen LogP contribution >= 0.6 is 0 Å². The molecule has 0 amide bonds. The first-order valence-electron chi connectivity index (χ1n) is 6.60. The Morgan fingerprint density at radius 3 is 3.15 bits per heavy atom. The molecule has 20 heavy (non-hydrogen) atoms. The van der Waals surface area contributed by atoms with Gasteiger partial charge >= 0.3 is 0 Å². The van der Waals surface area contributed by atoms with Gasteiger partial charge in [0.2, 0.25) is 0 Å². The summed E-state index contributed by atoms with van der Waals surface area (Å²) in [6.07, 6.45) is -0.0352. The van der Waals surface area contributed by atoms with Crippen LogP contribution in [-0.4, -0.2) is 50.9 Å². The first-order valence-corrected chi connectivity index (χ1v) is 6.60. The SMILES string of the molecule is CN1CCOC(COc2cc(C#CCN)ccc2F)C1. The van der Waals surface area contributed by atoms with Gasteiger partial charge in [-0.3, -0.25) is 0 Å². The smallest absolute Gasteiger partial charge is 0.165 e. The fourth-order valence-corrected chi connectivity index (χ4v) is 2.00. The average molecular weight is 278 g/mol. The highest BCUT2D eigenvalue weighted by atomic mass is 19.1. The normalized spacial score (nSPS) is 19.2. The molecular formula is C15H19FN2O2. The van der Waals surface area contributed by atoms with Gasteiger partial charge < -0.3 is 20.1 Å². The lowest BCUT2D eigenvalue weighted by atomic mass is 10.2. The van der Waals surface area contributed by atoms with Gasteiger partial charge in [0, 0.05) is 18.7 Å². The zero-order valence-corrected chi connectivity index (χ0v) is 11.6. The third-order valence-corrected chi connectivity index (χ3v) is 3.03. The second kappa shape index (κ2) is 7.25. The molecule has 1 aliphatic rings. The lowest BCUT2D eigenvalue weighted by molar-refractivity contribution is -0.0408. The van der Waals surface area contributed by atoms with E-state index in [4.69, 9.17) is 15.2 Å². The Kier molecular flexibility index (Phi) is 5.36. The van der Waals surface area contributed by atoms with Gasteiger partial charge in [-0.05, 0) is 25.2 Å². The van der Waals surface area contributed by atoms with Crippen LogP contribution in [0.25, 0.3) is 0 Å². The Labute approximate surface area is 118 Å². The van der Waals surface area contributed by atoms with Crippen molar-refractivity contribution in [1.29, 1.82) is 0 Å². The minimum Gasteiger partial charge on any atom is -0.488 e. The lowest BCUT2D eigenvalue weighted by Crippen LogP contribution is -2.42. The van der Waals surface area contributed by atoms with E-state index in [0.29, 0.717) is 18.8 Å². The molecule has 2 N–H and O–H groups in total. The zero-order chi connectivity index (χ0) is 14.4. The summed E-state index contributed by atoms with van der Waals surface area (Å²) in [5, 5.41) is 0. The second-order valence-corrected chi connectivity index (χ2v) is 4.72. The maximum Gasteiger partial charge on any atom is 0.165 e. The summed E-state index contributed by atoms with van der Waals surface area (Å²) < 4.78 is 24.8. The number of benzene rings is 1. The van der Waals surface area contributed by atoms with E-state index in [1.165, 1.54) is 6.07 Å². The van der Waals surface area contributed by atoms with Crippen LogP contribution in [0.4, 0.5) is 4.39 Å². The van der Waals surface area contributed by atoms with E-state index in [9.17, 15) is 4.39 Å². The van der Waals surface area contributed by atoms with Gasteiger partial charge in [-0.2, -0.15) is 0 Å². The van der Waals surface area contributed by atoms with Gasteiger partial charge in [0.05, 0.1) is 13.2 Å². The number of hydrogen-bond donors (Lipinski definition) is 1. The van der Waals surface area contributed by atoms with Gasteiger partial charge in [-0.15, -0.1) is 0 Å². The van der Waals surface area contributed by atoms with Crippen molar-refractivity contribution in [3.8, 4) is 17.6 Å². The highest BCUT2D eigenvalue weighted by molar-refractivity contribution is 5.40. The number of likely N-dealkylation sites (N-methyl/N-ethyl adjacent to an activating group) is 1. The Bertz CT molecular complexity index is 510. The average Bonchev–Trinajstić information content (AvgIpc) is 2.45. The Balaban J connectivity index is 1.97. The summed E-state index contributed by atoms with van der Waals surface area (Å²) in [6.45, 7) is 2.98. The lowest BCUT2D eigenvalue weighted by Gasteiger charge is -2.29. The van der Waals surface area contributed by atoms with E-state index in [1.54, 1.807) is 12.1 Å². The van der Waals surface area contributed by atoms with Gasteiger partial charge in [0.1, 0.15) is 12.7 Å². The molecular weight excluding hydrogens is 259 g/mol. The van der Waals surface area contributed by atoms with Crippen molar-refractivity contribution >= 4 is 0 Å². The highest BCUT2D eigenvalue weighted by Gasteiger charge is 2.18. The molecule has 4 nitrogen and oxygen atoms in total. The molecule has 5 heteroatoms. The van der Waals surface area contributed by atoms with Gasteiger partial charge in [-0.1, -0.05) is 11.8 Å². The summed E-state index contributed by atoms with van der Waals surface area (Å²) in [5.41, 5.74) is 6.00. The molecule has 2 rings (SSSR count). The Morgan fingerprint density at radius 1 is 1.55 bits per heavy atom. The van der Waals surface area contributed by atoms with Crippen molar-refractivity contribution in [2.45, 2.75) is 6.10 Å². The largest absolute Gasteiger partial charge is 0.488 e. The number of hydrogen-bond acceptors (Lipinski definition) is 4. The van der Waals surface area contributed by atoms with Crippen LogP contribution in [0.1, 0.15) is 5.56 Å². The van der Waals surface area contributed by atoms with Crippen molar-refractivity contribution in [2.24, 2.45) is 5.73 Å². The quantitative estimate of drug-likeness (QED) is 0.833. The van der Waals surface area contributed by atoms with E-state index >= 15 is 0 Å². The third-order valence-electron chi connectivity index (χ3n) is 3.03. The molecule has 1 aliphatic heterocycles. The molecule has 0 aliphatic carbocycles. The van der Waals surface area contributed by atoms with Crippen molar-refractivity contribution in [3.63, 3.8) is 0 Å². The summed E-state index contributed by atoms with van der Waals surface area (Å²) in [4.78, 5) is 2.16. The fourth-order valence-electron chi connectivity index (χ4n) is 2.00. The predicted molar refractivity (Wildman–Crippen MR) is 75.1 cm³/mol. The molecule has 108 valence electrons. The number of ether oxygens (including phenoxy) is 2. The van der Waals surface area contributed by atoms with E-state index in [1.807, 2.05) is 7.05 Å². The molecule has 0 saturated carbocycles. The van der Waals surface area contributed by atoms with Gasteiger partial charge in [0.25, 0.3) is 0 Å². The van der Waals surface area contributed by atoms with Crippen molar-refractivity contribution in [3.05, 3.63) is 29.6 Å². The topological polar surface area (TPSA) is 47.7 Å². The van der Waals surface area contributed by atoms with E-state index in [0.717, 1.165) is 13.1 Å². The number of halogens is 1. The number of nitrogens with zero attached hydrogens (tertiary/aromatic N) is 1. The monoisotopic (exact) mass is 278 g/mol. The molecule has 1 saturated heterocycles. The minimum absolute atomic E-state index is 0.0352. The molecule has 1 aromatic rings. The van der Waals surface area contributed by atoms with E-state index < -0.39 is 5.82 Å². The summed E-state index contributed by atoms with van der Waals surface area (Å²) in [5.74, 6) is 5.39. The van der Waals surface area contributed by atoms with Crippen LogP contribution in [0.15, 0.2) is 18.2 Å². The fraction of sp³-hybridized carbons (Fsp3) is 0.467. The van der Waals surface area contributed by atoms with Crippen LogP contribution in [0.5, 0.6) is 5.75 Å². The zero-order valence-electron chi connectivity index (χ0n) is 11.6. The van der Waals surface area contributed by atoms with Crippen LogP contribution < -0.4 is 10.5 Å². The molecule has 0 spiro atoms. The highest BCUT2D eigenvalue weighted by Crippen LogP contribution is 2.19. The molecule has 1 aromatic carbocycles. The standard InChI is InChI=1S/C15H19FN2O2/c1-18-7-8-19-13(10-18)11-20-15-9-12(3-2-6-17)4-5-14(15)16/h4-5,9,13H,6-8,10-11,17H2,1H3. The molecule has 0 aromatic heterocycles. The van der Waals surface area contributed by atoms with Crippen LogP contribution in [0.2, 0.25) is 0 Å². The Morgan fingerprint density at radius 2 is 2.40 bits per heavy atom. The van der Waals surface area contributed by atoms with E-state index in [-0.39, 0.29) is 18.4 Å². The van der Waals surface area contributed by atoms with Gasteiger partial charge in [0.15, 0.2) is 11.6 Å². The van der Waals surface area contributed by atoms with Crippen LogP contribution in [-0.2, 0) is 4.74 Å². The third kappa shape index (κ3) is 4.20. The maximum absolute atomic E-state index is 13.7. The summed E-state index contributed by atoms with van der Waals surface area (Å²) in [6, 6.07) is 4.55. The summed E-state index contributed by atoms with van der Waals surface area (Å²) in [7, 11) is 2.03. The number of morpholine rings is 1. The van der Waals surface area contributed by atoms with Crippen molar-refractivity contribution < 1.29 is 13.9 Å². The summed E-state index contributed by atoms with van der Waals surface area (Å²) >= 11 is 0. The molecule has 1 atom stereocenters. The van der Waals surface area contributed by atoms with E-state index in [2.05, 4.69) is 16.7 Å². The first kappa shape index (κ1) is 14.8. The predicted octanol–water partition coefficient (Wildman–Crippen LogP) is 0.845. The molecule has 1 fully saturated rings. The maximum atomic E-state index is 13.7. The molecule has 0 radical (unpaired) electrons. The molecule has 0 bridgehead atoms. The van der Waals surface area contributed by atoms with Crippen LogP contribution in [0.3, 0.4) is 0 Å². The Hall–Kier alpha value is -1.61. The molecule has 1 unspecified atom stereocenters. The van der Waals surface area contributed by atoms with Crippen molar-refractivity contribution in [1.82, 2.24) is 4.90 Å². The van der Waals surface area contributed by atoms with Crippen molar-refractivity contribution in [2.75, 3.05) is 39.9 Å². The molecule has 1 heterocycles. The number of nitrogens with two attached hydrogens (primary N) is 1. The second-order valence-electron chi connectivity index (χ2n) is 4.72.